The van der Waals surface area contributed by atoms with Gasteiger partial charge in [0.05, 0.1) is 0 Å². The first kappa shape index (κ1) is 22.6. The van der Waals surface area contributed by atoms with Gasteiger partial charge >= 0.3 is 11.9 Å². The van der Waals surface area contributed by atoms with Crippen molar-refractivity contribution in [3.05, 3.63) is 59.2 Å². The molecule has 2 aromatic rings. The molecule has 6 nitrogen and oxygen atoms in total. The maximum Gasteiger partial charge on any atom is 0.339 e. The number of carboxylic acids is 2. The van der Waals surface area contributed by atoms with Crippen LogP contribution in [0.5, 0.6) is 11.5 Å². The van der Waals surface area contributed by atoms with E-state index in [0.717, 1.165) is 5.56 Å². The molecule has 0 aliphatic carbocycles. The van der Waals surface area contributed by atoms with E-state index < -0.39 is 11.9 Å². The number of rotatable bonds is 2. The summed E-state index contributed by atoms with van der Waals surface area (Å²) in [4.78, 5) is 21.0. The first-order valence-corrected chi connectivity index (χ1v) is 7.12. The van der Waals surface area contributed by atoms with Gasteiger partial charge in [0.2, 0.25) is 0 Å². The quantitative estimate of drug-likeness (QED) is 0.577. The molecule has 0 aliphatic heterocycles. The van der Waals surface area contributed by atoms with Crippen LogP contribution in [0.4, 0.5) is 0 Å². The second kappa shape index (κ2) is 9.18. The Balaban J connectivity index is 0.000000465. The molecular formula is C18H20O6Zn. The van der Waals surface area contributed by atoms with E-state index in [4.69, 9.17) is 15.3 Å². The molecular weight excluding hydrogens is 378 g/mol. The summed E-state index contributed by atoms with van der Waals surface area (Å²) < 4.78 is 0. The molecule has 0 spiro atoms. The van der Waals surface area contributed by atoms with Gasteiger partial charge in [0.25, 0.3) is 0 Å². The molecule has 7 heteroatoms. The van der Waals surface area contributed by atoms with Gasteiger partial charge in [0.15, 0.2) is 0 Å². The van der Waals surface area contributed by atoms with Crippen LogP contribution >= 0.6 is 0 Å². The summed E-state index contributed by atoms with van der Waals surface area (Å²) >= 11 is 0. The Morgan fingerprint density at radius 2 is 1.28 bits per heavy atom. The number of hydrogen-bond donors (Lipinski definition) is 4. The fraction of sp³-hybridized carbons (Fsp3) is 0.222. The first-order chi connectivity index (χ1) is 11.0. The number of aromatic hydroxyl groups is 2. The van der Waals surface area contributed by atoms with Gasteiger partial charge in [-0.25, -0.2) is 9.59 Å². The van der Waals surface area contributed by atoms with Crippen LogP contribution in [0, 0.1) is 0 Å². The SMILES string of the molecule is CC(C)(C)c1ccc(O)c(C(=O)O)c1.O=C(O)c1ccccc1O.[Zn]. The van der Waals surface area contributed by atoms with Crippen molar-refractivity contribution in [3.8, 4) is 11.5 Å². The second-order valence-corrected chi connectivity index (χ2v) is 6.11. The van der Waals surface area contributed by atoms with E-state index in [1.54, 1.807) is 18.2 Å². The molecule has 0 fully saturated rings. The predicted molar refractivity (Wildman–Crippen MR) is 88.8 cm³/mol. The monoisotopic (exact) mass is 396 g/mol. The molecule has 25 heavy (non-hydrogen) atoms. The van der Waals surface area contributed by atoms with Crippen molar-refractivity contribution in [1.82, 2.24) is 0 Å². The Hall–Kier alpha value is -2.40. The van der Waals surface area contributed by atoms with Crippen LogP contribution < -0.4 is 0 Å². The van der Waals surface area contributed by atoms with Crippen LogP contribution in [0.2, 0.25) is 0 Å². The predicted octanol–water partition coefficient (Wildman–Crippen LogP) is 3.48. The van der Waals surface area contributed by atoms with E-state index >= 15 is 0 Å². The number of aromatic carboxylic acids is 2. The van der Waals surface area contributed by atoms with Crippen molar-refractivity contribution in [3.63, 3.8) is 0 Å². The summed E-state index contributed by atoms with van der Waals surface area (Å²) in [7, 11) is 0. The molecule has 0 bridgehead atoms. The molecule has 0 amide bonds. The zero-order valence-corrected chi connectivity index (χ0v) is 17.3. The van der Waals surface area contributed by atoms with Crippen LogP contribution in [0.15, 0.2) is 42.5 Å². The van der Waals surface area contributed by atoms with Crippen molar-refractivity contribution in [2.45, 2.75) is 26.2 Å². The average molecular weight is 398 g/mol. The van der Waals surface area contributed by atoms with E-state index in [0.29, 0.717) is 0 Å². The largest absolute Gasteiger partial charge is 0.507 e. The summed E-state index contributed by atoms with van der Waals surface area (Å²) in [5, 5.41) is 35.4. The number of phenols is 2. The van der Waals surface area contributed by atoms with E-state index in [9.17, 15) is 14.7 Å². The molecule has 0 saturated heterocycles. The fourth-order valence-corrected chi connectivity index (χ4v) is 1.83. The molecule has 0 radical (unpaired) electrons. The van der Waals surface area contributed by atoms with Gasteiger partial charge in [0.1, 0.15) is 22.6 Å². The second-order valence-electron chi connectivity index (χ2n) is 6.11. The number of benzene rings is 2. The van der Waals surface area contributed by atoms with Crippen LogP contribution in [-0.4, -0.2) is 32.4 Å². The zero-order valence-electron chi connectivity index (χ0n) is 14.4. The van der Waals surface area contributed by atoms with Crippen LogP contribution in [0.1, 0.15) is 47.1 Å². The van der Waals surface area contributed by atoms with E-state index in [1.165, 1.54) is 24.3 Å². The Bertz CT molecular complexity index is 749. The zero-order chi connectivity index (χ0) is 18.5. The Morgan fingerprint density at radius 1 is 0.800 bits per heavy atom. The number of carbonyl (C=O) groups is 2. The molecule has 0 saturated carbocycles. The Kier molecular flexibility index (Phi) is 8.30. The topological polar surface area (TPSA) is 115 Å². The number of hydrogen-bond acceptors (Lipinski definition) is 4. The van der Waals surface area contributed by atoms with Gasteiger partial charge in [-0.05, 0) is 35.2 Å². The Morgan fingerprint density at radius 3 is 1.68 bits per heavy atom. The van der Waals surface area contributed by atoms with Gasteiger partial charge in [-0.1, -0.05) is 39.0 Å². The molecule has 4 N–H and O–H groups in total. The number of carboxylic acid groups (broad SMARTS) is 2. The Labute approximate surface area is 158 Å². The molecule has 2 aromatic carbocycles. The van der Waals surface area contributed by atoms with Crippen LogP contribution in [-0.2, 0) is 24.9 Å². The third kappa shape index (κ3) is 6.55. The van der Waals surface area contributed by atoms with Gasteiger partial charge in [0, 0.05) is 19.5 Å². The molecule has 0 aromatic heterocycles. The van der Waals surface area contributed by atoms with Gasteiger partial charge in [-0.3, -0.25) is 0 Å². The van der Waals surface area contributed by atoms with Crippen molar-refractivity contribution in [2.75, 3.05) is 0 Å². The van der Waals surface area contributed by atoms with Crippen molar-refractivity contribution in [2.24, 2.45) is 0 Å². The smallest absolute Gasteiger partial charge is 0.339 e. The third-order valence-corrected chi connectivity index (χ3v) is 3.23. The normalized spacial score (nSPS) is 10.0. The van der Waals surface area contributed by atoms with Gasteiger partial charge in [-0.2, -0.15) is 0 Å². The fourth-order valence-electron chi connectivity index (χ4n) is 1.83. The van der Waals surface area contributed by atoms with Crippen molar-refractivity contribution >= 4 is 11.9 Å². The van der Waals surface area contributed by atoms with Gasteiger partial charge in [-0.15, -0.1) is 0 Å². The van der Waals surface area contributed by atoms with E-state index in [1.807, 2.05) is 20.8 Å². The van der Waals surface area contributed by atoms with Gasteiger partial charge < -0.3 is 20.4 Å². The minimum absolute atomic E-state index is 0. The summed E-state index contributed by atoms with van der Waals surface area (Å²) in [5.74, 6) is -2.60. The van der Waals surface area contributed by atoms with Crippen molar-refractivity contribution in [1.29, 1.82) is 0 Å². The molecule has 130 valence electrons. The third-order valence-electron chi connectivity index (χ3n) is 3.23. The summed E-state index contributed by atoms with van der Waals surface area (Å²) in [5.41, 5.74) is 0.672. The molecule has 0 atom stereocenters. The minimum Gasteiger partial charge on any atom is -0.507 e. The summed E-state index contributed by atoms with van der Waals surface area (Å²) in [6, 6.07) is 10.5. The average Bonchev–Trinajstić information content (AvgIpc) is 2.47. The number of para-hydroxylation sites is 1. The summed E-state index contributed by atoms with van der Waals surface area (Å²) in [6.45, 7) is 5.97. The molecule has 0 aliphatic rings. The first-order valence-electron chi connectivity index (χ1n) is 7.12. The maximum absolute atomic E-state index is 10.7. The van der Waals surface area contributed by atoms with Crippen LogP contribution in [0.3, 0.4) is 0 Å². The molecule has 0 unspecified atom stereocenters. The summed E-state index contributed by atoms with van der Waals surface area (Å²) in [6.07, 6.45) is 0. The van der Waals surface area contributed by atoms with E-state index in [2.05, 4.69) is 0 Å². The standard InChI is InChI=1S/C11H14O3.C7H6O3.Zn/c1-11(2,3)7-4-5-9(12)8(6-7)10(13)14;8-6-4-2-1-3-5(6)7(9)10;/h4-6,12H,1-3H3,(H,13,14);1-4,8H,(H,9,10);. The minimum atomic E-state index is -1.11. The van der Waals surface area contributed by atoms with E-state index in [-0.39, 0.29) is 47.5 Å². The maximum atomic E-state index is 10.7. The van der Waals surface area contributed by atoms with Crippen molar-refractivity contribution < 1.29 is 49.5 Å². The molecule has 0 heterocycles. The van der Waals surface area contributed by atoms with Crippen LogP contribution in [0.25, 0.3) is 0 Å². The molecule has 2 rings (SSSR count).